The van der Waals surface area contributed by atoms with Gasteiger partial charge < -0.3 is 10.2 Å². The van der Waals surface area contributed by atoms with Crippen molar-refractivity contribution in [3.05, 3.63) is 35.9 Å². The molecule has 0 aliphatic carbocycles. The zero-order chi connectivity index (χ0) is 13.8. The average molecular weight is 296 g/mol. The normalized spacial score (nSPS) is 10.3. The molecule has 0 aliphatic heterocycles. The van der Waals surface area contributed by atoms with E-state index in [1.165, 1.54) is 0 Å². The Balaban J connectivity index is 2.29. The third-order valence-electron chi connectivity index (χ3n) is 2.56. The van der Waals surface area contributed by atoms with Gasteiger partial charge in [-0.2, -0.15) is 5.10 Å². The molecule has 0 aromatic carbocycles. The number of halogens is 1. The third kappa shape index (κ3) is 3.02. The van der Waals surface area contributed by atoms with Crippen molar-refractivity contribution < 1.29 is 0 Å². The number of rotatable bonds is 3. The van der Waals surface area contributed by atoms with Crippen LogP contribution in [0.3, 0.4) is 0 Å². The molecular weight excluding hydrogens is 282 g/mol. The highest BCUT2D eigenvalue weighted by molar-refractivity contribution is 7.80. The molecule has 0 fully saturated rings. The van der Waals surface area contributed by atoms with Gasteiger partial charge in [-0.1, -0.05) is 11.6 Å². The molecule has 0 saturated carbocycles. The number of hydrogen-bond donors (Lipinski definition) is 1. The summed E-state index contributed by atoms with van der Waals surface area (Å²) in [6.45, 7) is 2.75. The summed E-state index contributed by atoms with van der Waals surface area (Å²) in [6.07, 6.45) is 5.25. The second-order valence-corrected chi connectivity index (χ2v) is 4.60. The van der Waals surface area contributed by atoms with Gasteiger partial charge in [0.05, 0.1) is 18.1 Å². The van der Waals surface area contributed by atoms with Gasteiger partial charge >= 0.3 is 0 Å². The lowest BCUT2D eigenvalue weighted by molar-refractivity contribution is 0.874. The topological polar surface area (TPSA) is 46.0 Å². The molecule has 0 atom stereocenters. The van der Waals surface area contributed by atoms with E-state index in [1.807, 2.05) is 32.3 Å². The maximum absolute atomic E-state index is 6.15. The van der Waals surface area contributed by atoms with Gasteiger partial charge in [-0.3, -0.25) is 4.98 Å². The van der Waals surface area contributed by atoms with Crippen molar-refractivity contribution >= 4 is 34.6 Å². The SMILES string of the molecule is CCNC(=S)N(C)c1cn(-c2cccnc2)nc1Cl. The Morgan fingerprint density at radius 2 is 2.37 bits per heavy atom. The van der Waals surface area contributed by atoms with Crippen LogP contribution in [0.4, 0.5) is 5.69 Å². The van der Waals surface area contributed by atoms with Crippen LogP contribution < -0.4 is 10.2 Å². The maximum Gasteiger partial charge on any atom is 0.175 e. The van der Waals surface area contributed by atoms with E-state index in [2.05, 4.69) is 15.4 Å². The van der Waals surface area contributed by atoms with E-state index in [1.54, 1.807) is 22.0 Å². The fourth-order valence-electron chi connectivity index (χ4n) is 1.57. The van der Waals surface area contributed by atoms with Crippen LogP contribution in [0.25, 0.3) is 5.69 Å². The van der Waals surface area contributed by atoms with Gasteiger partial charge in [0.25, 0.3) is 0 Å². The lowest BCUT2D eigenvalue weighted by Gasteiger charge is -2.18. The lowest BCUT2D eigenvalue weighted by atomic mass is 10.4. The van der Waals surface area contributed by atoms with Crippen molar-refractivity contribution in [3.8, 4) is 5.69 Å². The van der Waals surface area contributed by atoms with Gasteiger partial charge in [-0.15, -0.1) is 0 Å². The largest absolute Gasteiger partial charge is 0.363 e. The molecular formula is C12H14ClN5S. The molecule has 0 bridgehead atoms. The zero-order valence-corrected chi connectivity index (χ0v) is 12.2. The molecule has 0 radical (unpaired) electrons. The van der Waals surface area contributed by atoms with Crippen LogP contribution >= 0.6 is 23.8 Å². The summed E-state index contributed by atoms with van der Waals surface area (Å²) in [5.74, 6) is 0. The Morgan fingerprint density at radius 3 is 3.00 bits per heavy atom. The zero-order valence-electron chi connectivity index (χ0n) is 10.7. The molecule has 0 aliphatic rings. The van der Waals surface area contributed by atoms with Crippen LogP contribution in [0.2, 0.25) is 5.15 Å². The highest BCUT2D eigenvalue weighted by Gasteiger charge is 2.14. The fourth-order valence-corrected chi connectivity index (χ4v) is 2.07. The summed E-state index contributed by atoms with van der Waals surface area (Å²) in [4.78, 5) is 5.85. The molecule has 2 rings (SSSR count). The quantitative estimate of drug-likeness (QED) is 0.880. The van der Waals surface area contributed by atoms with E-state index in [4.69, 9.17) is 23.8 Å². The van der Waals surface area contributed by atoms with E-state index in [0.29, 0.717) is 10.3 Å². The summed E-state index contributed by atoms with van der Waals surface area (Å²) >= 11 is 11.4. The Kier molecular flexibility index (Phi) is 4.34. The Hall–Kier alpha value is -1.66. The highest BCUT2D eigenvalue weighted by Crippen LogP contribution is 2.24. The molecule has 5 nitrogen and oxygen atoms in total. The van der Waals surface area contributed by atoms with Gasteiger partial charge in [0.1, 0.15) is 5.69 Å². The maximum atomic E-state index is 6.15. The van der Waals surface area contributed by atoms with Crippen molar-refractivity contribution in [1.29, 1.82) is 0 Å². The summed E-state index contributed by atoms with van der Waals surface area (Å²) in [6, 6.07) is 3.75. The number of thiocarbonyl (C=S) groups is 1. The number of aromatic nitrogens is 3. The first-order valence-corrected chi connectivity index (χ1v) is 6.59. The molecule has 0 unspecified atom stereocenters. The van der Waals surface area contributed by atoms with Crippen molar-refractivity contribution in [2.75, 3.05) is 18.5 Å². The molecule has 1 N–H and O–H groups in total. The van der Waals surface area contributed by atoms with Gasteiger partial charge in [-0.05, 0) is 31.3 Å². The van der Waals surface area contributed by atoms with Crippen LogP contribution in [0, 0.1) is 0 Å². The number of nitrogens with zero attached hydrogens (tertiary/aromatic N) is 4. The van der Waals surface area contributed by atoms with E-state index in [0.717, 1.165) is 17.9 Å². The lowest BCUT2D eigenvalue weighted by Crippen LogP contribution is -2.36. The summed E-state index contributed by atoms with van der Waals surface area (Å²) in [5, 5.41) is 8.33. The number of nitrogens with one attached hydrogen (secondary N) is 1. The monoisotopic (exact) mass is 295 g/mol. The summed E-state index contributed by atoms with van der Waals surface area (Å²) < 4.78 is 1.68. The molecule has 0 amide bonds. The van der Waals surface area contributed by atoms with E-state index >= 15 is 0 Å². The van der Waals surface area contributed by atoms with E-state index < -0.39 is 0 Å². The Bertz CT molecular complexity index is 569. The molecule has 2 aromatic rings. The Labute approximate surface area is 122 Å². The van der Waals surface area contributed by atoms with Crippen LogP contribution in [0.5, 0.6) is 0 Å². The van der Waals surface area contributed by atoms with Crippen molar-refractivity contribution in [2.45, 2.75) is 6.92 Å². The van der Waals surface area contributed by atoms with Gasteiger partial charge in [-0.25, -0.2) is 4.68 Å². The molecule has 2 heterocycles. The van der Waals surface area contributed by atoms with E-state index in [9.17, 15) is 0 Å². The number of hydrogen-bond acceptors (Lipinski definition) is 3. The predicted molar refractivity (Wildman–Crippen MR) is 81.0 cm³/mol. The summed E-state index contributed by atoms with van der Waals surface area (Å²) in [7, 11) is 1.85. The molecule has 19 heavy (non-hydrogen) atoms. The molecule has 2 aromatic heterocycles. The smallest absolute Gasteiger partial charge is 0.175 e. The number of anilines is 1. The minimum atomic E-state index is 0.395. The third-order valence-corrected chi connectivity index (χ3v) is 3.24. The predicted octanol–water partition coefficient (Wildman–Crippen LogP) is 2.25. The van der Waals surface area contributed by atoms with E-state index in [-0.39, 0.29) is 0 Å². The van der Waals surface area contributed by atoms with Crippen LogP contribution in [0.1, 0.15) is 6.92 Å². The van der Waals surface area contributed by atoms with Crippen molar-refractivity contribution in [3.63, 3.8) is 0 Å². The molecule has 0 saturated heterocycles. The van der Waals surface area contributed by atoms with Crippen LogP contribution in [0.15, 0.2) is 30.7 Å². The molecule has 0 spiro atoms. The fraction of sp³-hybridized carbons (Fsp3) is 0.250. The average Bonchev–Trinajstić information content (AvgIpc) is 2.81. The summed E-state index contributed by atoms with van der Waals surface area (Å²) in [5.41, 5.74) is 1.59. The first-order valence-electron chi connectivity index (χ1n) is 5.80. The van der Waals surface area contributed by atoms with Crippen molar-refractivity contribution in [1.82, 2.24) is 20.1 Å². The minimum absolute atomic E-state index is 0.395. The standard InChI is InChI=1S/C12H14ClN5S/c1-3-15-12(19)17(2)10-8-18(16-11(10)13)9-5-4-6-14-7-9/h4-8H,3H2,1-2H3,(H,15,19). The highest BCUT2D eigenvalue weighted by atomic mass is 35.5. The van der Waals surface area contributed by atoms with Crippen molar-refractivity contribution in [2.24, 2.45) is 0 Å². The minimum Gasteiger partial charge on any atom is -0.363 e. The number of pyridine rings is 1. The molecule has 100 valence electrons. The second kappa shape index (κ2) is 5.99. The van der Waals surface area contributed by atoms with Crippen LogP contribution in [-0.4, -0.2) is 33.5 Å². The van der Waals surface area contributed by atoms with Gasteiger partial charge in [0.15, 0.2) is 10.3 Å². The second-order valence-electron chi connectivity index (χ2n) is 3.86. The van der Waals surface area contributed by atoms with Gasteiger partial charge in [0.2, 0.25) is 0 Å². The molecule has 7 heteroatoms. The first-order chi connectivity index (χ1) is 9.13. The van der Waals surface area contributed by atoms with Gasteiger partial charge in [0, 0.05) is 19.8 Å². The van der Waals surface area contributed by atoms with Crippen LogP contribution in [-0.2, 0) is 0 Å². The Morgan fingerprint density at radius 1 is 1.58 bits per heavy atom. The first kappa shape index (κ1) is 13.8.